The van der Waals surface area contributed by atoms with Gasteiger partial charge in [0.05, 0.1) is 26.7 Å². The first-order valence-corrected chi connectivity index (χ1v) is 8.60. The van der Waals surface area contributed by atoms with Crippen molar-refractivity contribution in [3.8, 4) is 11.5 Å². The molecule has 0 spiro atoms. The van der Waals surface area contributed by atoms with E-state index in [1.54, 1.807) is 31.6 Å². The standard InChI is InChI=1S/C18H24N2O3S/c1-20(2)15(17-6-5-9-24-17)12-19-18(21)10-13-7-8-14(22-3)11-16(13)23-4/h5-9,11,15H,10,12H2,1-4H3,(H,19,21). The number of nitrogens with zero attached hydrogens (tertiary/aromatic N) is 1. The molecule has 2 aromatic rings. The zero-order valence-electron chi connectivity index (χ0n) is 14.5. The van der Waals surface area contributed by atoms with Crippen LogP contribution in [0.15, 0.2) is 35.7 Å². The highest BCUT2D eigenvalue weighted by Crippen LogP contribution is 2.25. The molecule has 24 heavy (non-hydrogen) atoms. The fourth-order valence-electron chi connectivity index (χ4n) is 2.46. The van der Waals surface area contributed by atoms with Crippen LogP contribution >= 0.6 is 11.3 Å². The second-order valence-electron chi connectivity index (χ2n) is 5.65. The van der Waals surface area contributed by atoms with Gasteiger partial charge in [-0.3, -0.25) is 4.79 Å². The Hall–Kier alpha value is -2.05. The van der Waals surface area contributed by atoms with Crippen molar-refractivity contribution in [2.75, 3.05) is 34.9 Å². The number of methoxy groups -OCH3 is 2. The molecule has 1 heterocycles. The number of carbonyl (C=O) groups excluding carboxylic acids is 1. The van der Waals surface area contributed by atoms with Gasteiger partial charge in [-0.1, -0.05) is 12.1 Å². The van der Waals surface area contributed by atoms with Gasteiger partial charge in [-0.05, 0) is 31.6 Å². The van der Waals surface area contributed by atoms with Gasteiger partial charge in [-0.25, -0.2) is 0 Å². The number of nitrogens with one attached hydrogen (secondary N) is 1. The van der Waals surface area contributed by atoms with Gasteiger partial charge in [0.15, 0.2) is 0 Å². The first-order valence-electron chi connectivity index (χ1n) is 7.72. The predicted molar refractivity (Wildman–Crippen MR) is 97.0 cm³/mol. The van der Waals surface area contributed by atoms with Crippen molar-refractivity contribution in [1.82, 2.24) is 10.2 Å². The second-order valence-corrected chi connectivity index (χ2v) is 6.63. The minimum Gasteiger partial charge on any atom is -0.497 e. The molecule has 0 bridgehead atoms. The average molecular weight is 348 g/mol. The Labute approximate surface area is 147 Å². The van der Waals surface area contributed by atoms with Crippen molar-refractivity contribution >= 4 is 17.2 Å². The van der Waals surface area contributed by atoms with Crippen LogP contribution in [0.25, 0.3) is 0 Å². The van der Waals surface area contributed by atoms with Crippen LogP contribution in [0.3, 0.4) is 0 Å². The zero-order valence-corrected chi connectivity index (χ0v) is 15.4. The topological polar surface area (TPSA) is 50.8 Å². The average Bonchev–Trinajstić information content (AvgIpc) is 3.09. The molecule has 0 aliphatic rings. The number of rotatable bonds is 8. The molecule has 6 heteroatoms. The molecule has 1 unspecified atom stereocenters. The van der Waals surface area contributed by atoms with E-state index in [0.717, 1.165) is 5.56 Å². The summed E-state index contributed by atoms with van der Waals surface area (Å²) < 4.78 is 10.5. The molecule has 0 saturated heterocycles. The summed E-state index contributed by atoms with van der Waals surface area (Å²) in [6.45, 7) is 0.574. The number of likely N-dealkylation sites (N-methyl/N-ethyl adjacent to an activating group) is 1. The van der Waals surface area contributed by atoms with Gasteiger partial charge in [0.2, 0.25) is 5.91 Å². The summed E-state index contributed by atoms with van der Waals surface area (Å²) in [5.41, 5.74) is 0.841. The fraction of sp³-hybridized carbons (Fsp3) is 0.389. The van der Waals surface area contributed by atoms with Crippen LogP contribution in [-0.4, -0.2) is 45.7 Å². The van der Waals surface area contributed by atoms with Gasteiger partial charge in [-0.15, -0.1) is 11.3 Å². The molecular formula is C18H24N2O3S. The molecule has 0 aliphatic carbocycles. The summed E-state index contributed by atoms with van der Waals surface area (Å²) in [6, 6.07) is 9.77. The maximum atomic E-state index is 12.3. The monoisotopic (exact) mass is 348 g/mol. The van der Waals surface area contributed by atoms with Crippen LogP contribution < -0.4 is 14.8 Å². The summed E-state index contributed by atoms with van der Waals surface area (Å²) in [7, 11) is 7.23. The van der Waals surface area contributed by atoms with Crippen molar-refractivity contribution in [2.45, 2.75) is 12.5 Å². The summed E-state index contributed by atoms with van der Waals surface area (Å²) in [4.78, 5) is 15.7. The molecule has 0 radical (unpaired) electrons. The largest absolute Gasteiger partial charge is 0.497 e. The number of benzene rings is 1. The molecule has 1 aromatic carbocycles. The molecule has 0 fully saturated rings. The SMILES string of the molecule is COc1ccc(CC(=O)NCC(c2cccs2)N(C)C)c(OC)c1. The smallest absolute Gasteiger partial charge is 0.224 e. The Morgan fingerprint density at radius 2 is 2.04 bits per heavy atom. The number of amides is 1. The number of ether oxygens (including phenoxy) is 2. The molecular weight excluding hydrogens is 324 g/mol. The van der Waals surface area contributed by atoms with Gasteiger partial charge in [0.1, 0.15) is 11.5 Å². The van der Waals surface area contributed by atoms with E-state index < -0.39 is 0 Å². The van der Waals surface area contributed by atoms with Crippen molar-refractivity contribution in [2.24, 2.45) is 0 Å². The maximum Gasteiger partial charge on any atom is 0.224 e. The van der Waals surface area contributed by atoms with E-state index in [0.29, 0.717) is 18.0 Å². The lowest BCUT2D eigenvalue weighted by Crippen LogP contribution is -2.35. The highest BCUT2D eigenvalue weighted by atomic mass is 32.1. The van der Waals surface area contributed by atoms with E-state index >= 15 is 0 Å². The third kappa shape index (κ3) is 4.72. The van der Waals surface area contributed by atoms with E-state index in [4.69, 9.17) is 9.47 Å². The second kappa shape index (κ2) is 8.70. The Morgan fingerprint density at radius 1 is 1.25 bits per heavy atom. The lowest BCUT2D eigenvalue weighted by molar-refractivity contribution is -0.120. The zero-order chi connectivity index (χ0) is 17.5. The predicted octanol–water partition coefficient (Wildman–Crippen LogP) is 2.73. The molecule has 2 rings (SSSR count). The highest BCUT2D eigenvalue weighted by molar-refractivity contribution is 7.10. The van der Waals surface area contributed by atoms with Gasteiger partial charge in [0.25, 0.3) is 0 Å². The Morgan fingerprint density at radius 3 is 2.62 bits per heavy atom. The number of thiophene rings is 1. The molecule has 1 amide bonds. The summed E-state index contributed by atoms with van der Waals surface area (Å²) in [5.74, 6) is 1.34. The third-order valence-electron chi connectivity index (χ3n) is 3.83. The highest BCUT2D eigenvalue weighted by Gasteiger charge is 2.17. The lowest BCUT2D eigenvalue weighted by atomic mass is 10.1. The van der Waals surface area contributed by atoms with Gasteiger partial charge in [0, 0.05) is 23.1 Å². The van der Waals surface area contributed by atoms with Gasteiger partial charge >= 0.3 is 0 Å². The maximum absolute atomic E-state index is 12.3. The third-order valence-corrected chi connectivity index (χ3v) is 4.81. The normalized spacial score (nSPS) is 12.0. The number of hydrogen-bond acceptors (Lipinski definition) is 5. The minimum absolute atomic E-state index is 0.0260. The quantitative estimate of drug-likeness (QED) is 0.797. The number of hydrogen-bond donors (Lipinski definition) is 1. The van der Waals surface area contributed by atoms with Crippen LogP contribution in [-0.2, 0) is 11.2 Å². The molecule has 1 atom stereocenters. The lowest BCUT2D eigenvalue weighted by Gasteiger charge is -2.23. The Balaban J connectivity index is 1.98. The van der Waals surface area contributed by atoms with E-state index in [2.05, 4.69) is 21.7 Å². The summed E-state index contributed by atoms with van der Waals surface area (Å²) >= 11 is 1.70. The molecule has 1 N–H and O–H groups in total. The summed E-state index contributed by atoms with van der Waals surface area (Å²) in [6.07, 6.45) is 0.276. The van der Waals surface area contributed by atoms with Gasteiger partial charge in [-0.2, -0.15) is 0 Å². The van der Waals surface area contributed by atoms with E-state index in [1.165, 1.54) is 4.88 Å². The van der Waals surface area contributed by atoms with E-state index in [-0.39, 0.29) is 18.4 Å². The van der Waals surface area contributed by atoms with Gasteiger partial charge < -0.3 is 19.7 Å². The molecule has 0 aliphatic heterocycles. The number of carbonyl (C=O) groups is 1. The van der Waals surface area contributed by atoms with Crippen LogP contribution in [0.1, 0.15) is 16.5 Å². The molecule has 5 nitrogen and oxygen atoms in total. The van der Waals surface area contributed by atoms with E-state index in [9.17, 15) is 4.79 Å². The first-order chi connectivity index (χ1) is 11.5. The molecule has 1 aromatic heterocycles. The van der Waals surface area contributed by atoms with Crippen LogP contribution in [0.4, 0.5) is 0 Å². The summed E-state index contributed by atoms with van der Waals surface area (Å²) in [5, 5.41) is 5.07. The van der Waals surface area contributed by atoms with E-state index in [1.807, 2.05) is 32.3 Å². The Kier molecular flexibility index (Phi) is 6.63. The van der Waals surface area contributed by atoms with Crippen molar-refractivity contribution < 1.29 is 14.3 Å². The van der Waals surface area contributed by atoms with Crippen molar-refractivity contribution in [3.05, 3.63) is 46.2 Å². The fourth-order valence-corrected chi connectivity index (χ4v) is 3.39. The van der Waals surface area contributed by atoms with Crippen LogP contribution in [0, 0.1) is 0 Å². The first kappa shape index (κ1) is 18.3. The van der Waals surface area contributed by atoms with Crippen molar-refractivity contribution in [1.29, 1.82) is 0 Å². The minimum atomic E-state index is -0.0260. The molecule has 130 valence electrons. The molecule has 0 saturated carbocycles. The Bertz CT molecular complexity index is 656. The van der Waals surface area contributed by atoms with Crippen LogP contribution in [0.5, 0.6) is 11.5 Å². The van der Waals surface area contributed by atoms with Crippen molar-refractivity contribution in [3.63, 3.8) is 0 Å². The van der Waals surface area contributed by atoms with Crippen LogP contribution in [0.2, 0.25) is 0 Å².